The molecule has 0 aliphatic carbocycles. The summed E-state index contributed by atoms with van der Waals surface area (Å²) in [5.41, 5.74) is 2.78. The van der Waals surface area contributed by atoms with Crippen LogP contribution in [0, 0.1) is 0 Å². The van der Waals surface area contributed by atoms with Crippen molar-refractivity contribution in [1.82, 2.24) is 10.3 Å². The van der Waals surface area contributed by atoms with Gasteiger partial charge in [0.25, 0.3) is 0 Å². The summed E-state index contributed by atoms with van der Waals surface area (Å²) in [6, 6.07) is 7.48. The van der Waals surface area contributed by atoms with E-state index >= 15 is 0 Å². The van der Waals surface area contributed by atoms with E-state index in [9.17, 15) is 4.79 Å². The van der Waals surface area contributed by atoms with Gasteiger partial charge in [-0.15, -0.1) is 0 Å². The van der Waals surface area contributed by atoms with Crippen LogP contribution in [0.5, 0.6) is 0 Å². The lowest BCUT2D eigenvalue weighted by Gasteiger charge is -2.39. The van der Waals surface area contributed by atoms with Crippen LogP contribution < -0.4 is 11.3 Å². The molecule has 98 valence electrons. The summed E-state index contributed by atoms with van der Waals surface area (Å²) in [4.78, 5) is 14.4. The van der Waals surface area contributed by atoms with Gasteiger partial charge in [0.05, 0.1) is 5.41 Å². The van der Waals surface area contributed by atoms with Gasteiger partial charge in [0, 0.05) is 5.02 Å². The zero-order chi connectivity index (χ0) is 13.2. The molecule has 2 rings (SSSR count). The van der Waals surface area contributed by atoms with Crippen LogP contribution in [0.15, 0.2) is 24.3 Å². The molecule has 0 atom stereocenters. The van der Waals surface area contributed by atoms with Crippen molar-refractivity contribution in [3.63, 3.8) is 0 Å². The van der Waals surface area contributed by atoms with Gasteiger partial charge in [0.1, 0.15) is 0 Å². The minimum atomic E-state index is -0.522. The van der Waals surface area contributed by atoms with Gasteiger partial charge >= 0.3 is 0 Å². The van der Waals surface area contributed by atoms with Crippen molar-refractivity contribution in [3.05, 3.63) is 34.9 Å². The van der Waals surface area contributed by atoms with E-state index in [4.69, 9.17) is 17.4 Å². The number of hydrogen-bond acceptors (Lipinski definition) is 3. The largest absolute Gasteiger partial charge is 0.306 e. The lowest BCUT2D eigenvalue weighted by atomic mass is 9.72. The second kappa shape index (κ2) is 5.26. The zero-order valence-corrected chi connectivity index (χ0v) is 11.2. The Balaban J connectivity index is 2.36. The van der Waals surface area contributed by atoms with Gasteiger partial charge in [-0.05, 0) is 50.7 Å². The highest BCUT2D eigenvalue weighted by Crippen LogP contribution is 2.35. The Bertz CT molecular complexity index is 424. The number of hydrazine groups is 1. The number of halogens is 1. The highest BCUT2D eigenvalue weighted by molar-refractivity contribution is 6.30. The molecule has 1 fully saturated rings. The molecule has 0 saturated carbocycles. The average Bonchev–Trinajstić information content (AvgIpc) is 2.40. The molecule has 0 unspecified atom stereocenters. The molecule has 0 bridgehead atoms. The molecule has 1 aromatic rings. The van der Waals surface area contributed by atoms with Gasteiger partial charge in [-0.25, -0.2) is 5.84 Å². The minimum Gasteiger partial charge on any atom is -0.306 e. The zero-order valence-electron chi connectivity index (χ0n) is 10.4. The van der Waals surface area contributed by atoms with Crippen molar-refractivity contribution in [2.75, 3.05) is 20.1 Å². The second-order valence-electron chi connectivity index (χ2n) is 4.87. The van der Waals surface area contributed by atoms with E-state index in [1.807, 2.05) is 24.3 Å². The molecule has 0 radical (unpaired) electrons. The summed E-state index contributed by atoms with van der Waals surface area (Å²) in [5, 5.41) is 0.676. The quantitative estimate of drug-likeness (QED) is 0.482. The van der Waals surface area contributed by atoms with Crippen LogP contribution in [-0.2, 0) is 10.2 Å². The highest BCUT2D eigenvalue weighted by atomic mass is 35.5. The maximum absolute atomic E-state index is 12.2. The molecule has 0 aromatic heterocycles. The number of rotatable bonds is 2. The summed E-state index contributed by atoms with van der Waals surface area (Å²) in [6.07, 6.45) is 1.54. The first-order valence-corrected chi connectivity index (χ1v) is 6.42. The smallest absolute Gasteiger partial charge is 0.244 e. The van der Waals surface area contributed by atoms with E-state index in [0.29, 0.717) is 5.02 Å². The van der Waals surface area contributed by atoms with E-state index in [2.05, 4.69) is 17.4 Å². The fourth-order valence-corrected chi connectivity index (χ4v) is 2.68. The van der Waals surface area contributed by atoms with Gasteiger partial charge < -0.3 is 4.90 Å². The van der Waals surface area contributed by atoms with Gasteiger partial charge in [-0.1, -0.05) is 23.7 Å². The molecule has 18 heavy (non-hydrogen) atoms. The number of carbonyl (C=O) groups excluding carboxylic acids is 1. The monoisotopic (exact) mass is 267 g/mol. The standard InChI is InChI=1S/C13H18ClN3O/c1-17-8-6-13(7-9-17,12(18)16-15)10-2-4-11(14)5-3-10/h2-5H,6-9,15H2,1H3,(H,16,18). The highest BCUT2D eigenvalue weighted by Gasteiger charge is 2.41. The third-order valence-electron chi connectivity index (χ3n) is 3.80. The van der Waals surface area contributed by atoms with E-state index in [1.54, 1.807) is 0 Å². The van der Waals surface area contributed by atoms with Crippen LogP contribution >= 0.6 is 11.6 Å². The Kier molecular flexibility index (Phi) is 3.90. The molecule has 3 N–H and O–H groups in total. The summed E-state index contributed by atoms with van der Waals surface area (Å²) >= 11 is 5.90. The number of benzene rings is 1. The Hall–Kier alpha value is -1.10. The molecule has 1 amide bonds. The number of likely N-dealkylation sites (tertiary alicyclic amines) is 1. The molecule has 1 aromatic carbocycles. The predicted molar refractivity (Wildman–Crippen MR) is 72.2 cm³/mol. The van der Waals surface area contributed by atoms with E-state index in [-0.39, 0.29) is 5.91 Å². The fraction of sp³-hybridized carbons (Fsp3) is 0.462. The molecule has 1 saturated heterocycles. The number of piperidine rings is 1. The summed E-state index contributed by atoms with van der Waals surface area (Å²) in [6.45, 7) is 1.77. The van der Waals surface area contributed by atoms with E-state index in [0.717, 1.165) is 31.5 Å². The molecular weight excluding hydrogens is 250 g/mol. The predicted octanol–water partition coefficient (Wildman–Crippen LogP) is 1.29. The van der Waals surface area contributed by atoms with Crippen molar-refractivity contribution in [3.8, 4) is 0 Å². The molecular formula is C13H18ClN3O. The number of nitrogens with zero attached hydrogens (tertiary/aromatic N) is 1. The minimum absolute atomic E-state index is 0.113. The number of hydrogen-bond donors (Lipinski definition) is 2. The van der Waals surface area contributed by atoms with Crippen LogP contribution in [0.2, 0.25) is 5.02 Å². The maximum atomic E-state index is 12.2. The van der Waals surface area contributed by atoms with Crippen molar-refractivity contribution in [1.29, 1.82) is 0 Å². The third kappa shape index (κ3) is 2.36. The summed E-state index contributed by atoms with van der Waals surface area (Å²) in [5.74, 6) is 5.24. The lowest BCUT2D eigenvalue weighted by molar-refractivity contribution is -0.128. The van der Waals surface area contributed by atoms with Crippen molar-refractivity contribution in [2.24, 2.45) is 5.84 Å². The van der Waals surface area contributed by atoms with Gasteiger partial charge in [0.2, 0.25) is 5.91 Å². The Morgan fingerprint density at radius 2 is 1.89 bits per heavy atom. The summed E-state index contributed by atoms with van der Waals surface area (Å²) in [7, 11) is 2.06. The first-order valence-electron chi connectivity index (χ1n) is 6.04. The van der Waals surface area contributed by atoms with E-state index in [1.165, 1.54) is 0 Å². The first-order chi connectivity index (χ1) is 8.58. The van der Waals surface area contributed by atoms with Crippen LogP contribution in [0.3, 0.4) is 0 Å². The number of carbonyl (C=O) groups is 1. The van der Waals surface area contributed by atoms with Gasteiger partial charge in [0.15, 0.2) is 0 Å². The molecule has 1 heterocycles. The average molecular weight is 268 g/mol. The maximum Gasteiger partial charge on any atom is 0.244 e. The Morgan fingerprint density at radius 3 is 2.39 bits per heavy atom. The number of nitrogens with one attached hydrogen (secondary N) is 1. The Morgan fingerprint density at radius 1 is 1.33 bits per heavy atom. The van der Waals surface area contributed by atoms with Crippen molar-refractivity contribution in [2.45, 2.75) is 18.3 Å². The molecule has 1 aliphatic heterocycles. The second-order valence-corrected chi connectivity index (χ2v) is 5.30. The molecule has 0 spiro atoms. The van der Waals surface area contributed by atoms with Crippen LogP contribution in [0.25, 0.3) is 0 Å². The SMILES string of the molecule is CN1CCC(C(=O)NN)(c2ccc(Cl)cc2)CC1. The van der Waals surface area contributed by atoms with E-state index < -0.39 is 5.41 Å². The van der Waals surface area contributed by atoms with Gasteiger partial charge in [-0.3, -0.25) is 10.2 Å². The van der Waals surface area contributed by atoms with Crippen LogP contribution in [0.1, 0.15) is 18.4 Å². The lowest BCUT2D eigenvalue weighted by Crippen LogP contribution is -2.52. The fourth-order valence-electron chi connectivity index (χ4n) is 2.55. The molecule has 4 nitrogen and oxygen atoms in total. The molecule has 5 heteroatoms. The topological polar surface area (TPSA) is 58.4 Å². The number of amides is 1. The normalized spacial score (nSPS) is 19.5. The first kappa shape index (κ1) is 13.3. The van der Waals surface area contributed by atoms with Crippen molar-refractivity contribution < 1.29 is 4.79 Å². The van der Waals surface area contributed by atoms with Crippen LogP contribution in [0.4, 0.5) is 0 Å². The molecule has 1 aliphatic rings. The van der Waals surface area contributed by atoms with Gasteiger partial charge in [-0.2, -0.15) is 0 Å². The third-order valence-corrected chi connectivity index (χ3v) is 4.06. The van der Waals surface area contributed by atoms with Crippen LogP contribution in [-0.4, -0.2) is 30.9 Å². The Labute approximate surface area is 112 Å². The van der Waals surface area contributed by atoms with Crippen molar-refractivity contribution >= 4 is 17.5 Å². The summed E-state index contributed by atoms with van der Waals surface area (Å²) < 4.78 is 0. The number of nitrogens with two attached hydrogens (primary N) is 1.